The van der Waals surface area contributed by atoms with Gasteiger partial charge in [-0.15, -0.1) is 0 Å². The predicted octanol–water partition coefficient (Wildman–Crippen LogP) is 3.00. The lowest BCUT2D eigenvalue weighted by Crippen LogP contribution is -2.31. The SMILES string of the molecule is Cc1ccc(C)c([C@H](C)NC(=S)Nc2ccc(S(N)(=O)=O)cc2)c1. The molecule has 4 N–H and O–H groups in total. The Balaban J connectivity index is 2.04. The van der Waals surface area contributed by atoms with Crippen LogP contribution in [0.4, 0.5) is 5.69 Å². The van der Waals surface area contributed by atoms with E-state index in [4.69, 9.17) is 17.4 Å². The van der Waals surface area contributed by atoms with Gasteiger partial charge in [0.25, 0.3) is 0 Å². The minimum absolute atomic E-state index is 0.0496. The molecule has 0 unspecified atom stereocenters. The molecule has 7 heteroatoms. The summed E-state index contributed by atoms with van der Waals surface area (Å²) in [5, 5.41) is 11.8. The molecular weight excluding hydrogens is 342 g/mol. The van der Waals surface area contributed by atoms with Gasteiger partial charge in [0, 0.05) is 5.69 Å². The first kappa shape index (κ1) is 18.4. The number of nitrogens with one attached hydrogen (secondary N) is 2. The van der Waals surface area contributed by atoms with Gasteiger partial charge in [0.2, 0.25) is 10.0 Å². The zero-order valence-corrected chi connectivity index (χ0v) is 15.5. The third-order valence-corrected chi connectivity index (χ3v) is 4.84. The molecule has 0 aliphatic carbocycles. The summed E-state index contributed by atoms with van der Waals surface area (Å²) < 4.78 is 22.5. The Morgan fingerprint density at radius 1 is 1.12 bits per heavy atom. The summed E-state index contributed by atoms with van der Waals surface area (Å²) in [5.41, 5.74) is 4.26. The Kier molecular flexibility index (Phi) is 5.58. The average Bonchev–Trinajstić information content (AvgIpc) is 2.49. The molecule has 2 aromatic carbocycles. The van der Waals surface area contributed by atoms with Gasteiger partial charge in [-0.25, -0.2) is 13.6 Å². The number of thiocarbonyl (C=S) groups is 1. The number of sulfonamides is 1. The monoisotopic (exact) mass is 363 g/mol. The summed E-state index contributed by atoms with van der Waals surface area (Å²) in [6.45, 7) is 6.16. The van der Waals surface area contributed by atoms with Crippen molar-refractivity contribution in [2.24, 2.45) is 5.14 Å². The van der Waals surface area contributed by atoms with E-state index in [9.17, 15) is 8.42 Å². The molecule has 0 amide bonds. The summed E-state index contributed by atoms with van der Waals surface area (Å²) in [5.74, 6) is 0. The molecule has 0 aromatic heterocycles. The molecule has 0 aliphatic heterocycles. The van der Waals surface area contributed by atoms with Gasteiger partial charge >= 0.3 is 0 Å². The highest BCUT2D eigenvalue weighted by Crippen LogP contribution is 2.19. The maximum absolute atomic E-state index is 11.2. The van der Waals surface area contributed by atoms with Crippen molar-refractivity contribution in [1.29, 1.82) is 0 Å². The zero-order valence-electron chi connectivity index (χ0n) is 13.8. The third kappa shape index (κ3) is 4.77. The summed E-state index contributed by atoms with van der Waals surface area (Å²) in [4.78, 5) is 0.0654. The minimum Gasteiger partial charge on any atom is -0.356 e. The van der Waals surface area contributed by atoms with Gasteiger partial charge in [-0.3, -0.25) is 0 Å². The van der Waals surface area contributed by atoms with E-state index >= 15 is 0 Å². The van der Waals surface area contributed by atoms with Crippen LogP contribution in [0.1, 0.15) is 29.7 Å². The largest absolute Gasteiger partial charge is 0.356 e. The molecular formula is C17H21N3O2S2. The molecule has 2 rings (SSSR count). The van der Waals surface area contributed by atoms with Crippen molar-refractivity contribution in [3.8, 4) is 0 Å². The molecule has 2 aromatic rings. The Hall–Kier alpha value is -1.96. The number of rotatable bonds is 4. The van der Waals surface area contributed by atoms with E-state index in [0.29, 0.717) is 10.8 Å². The Morgan fingerprint density at radius 3 is 2.33 bits per heavy atom. The highest BCUT2D eigenvalue weighted by Gasteiger charge is 2.11. The lowest BCUT2D eigenvalue weighted by Gasteiger charge is -2.19. The van der Waals surface area contributed by atoms with Gasteiger partial charge < -0.3 is 10.6 Å². The van der Waals surface area contributed by atoms with E-state index in [1.54, 1.807) is 12.1 Å². The van der Waals surface area contributed by atoms with Crippen LogP contribution in [0.5, 0.6) is 0 Å². The van der Waals surface area contributed by atoms with Crippen LogP contribution in [0.15, 0.2) is 47.4 Å². The van der Waals surface area contributed by atoms with Crippen LogP contribution in [0.25, 0.3) is 0 Å². The van der Waals surface area contributed by atoms with E-state index in [1.165, 1.54) is 28.8 Å². The van der Waals surface area contributed by atoms with Crippen molar-refractivity contribution in [3.63, 3.8) is 0 Å². The lowest BCUT2D eigenvalue weighted by atomic mass is 10.0. The predicted molar refractivity (Wildman–Crippen MR) is 102 cm³/mol. The van der Waals surface area contributed by atoms with Gasteiger partial charge in [-0.05, 0) is 68.4 Å². The molecule has 1 atom stereocenters. The van der Waals surface area contributed by atoms with E-state index < -0.39 is 10.0 Å². The Bertz CT molecular complexity index is 847. The van der Waals surface area contributed by atoms with Crippen LogP contribution in [0.3, 0.4) is 0 Å². The second-order valence-corrected chi connectivity index (χ2v) is 7.72. The molecule has 0 saturated carbocycles. The smallest absolute Gasteiger partial charge is 0.238 e. The van der Waals surface area contributed by atoms with Gasteiger partial charge in [0.05, 0.1) is 10.9 Å². The van der Waals surface area contributed by atoms with Crippen molar-refractivity contribution >= 4 is 33.0 Å². The van der Waals surface area contributed by atoms with Crippen LogP contribution in [-0.4, -0.2) is 13.5 Å². The van der Waals surface area contributed by atoms with E-state index in [2.05, 4.69) is 42.7 Å². The fraction of sp³-hybridized carbons (Fsp3) is 0.235. The van der Waals surface area contributed by atoms with Crippen molar-refractivity contribution in [2.75, 3.05) is 5.32 Å². The maximum Gasteiger partial charge on any atom is 0.238 e. The summed E-state index contributed by atoms with van der Waals surface area (Å²) in [7, 11) is -3.69. The molecule has 128 valence electrons. The second kappa shape index (κ2) is 7.29. The fourth-order valence-corrected chi connectivity index (χ4v) is 3.21. The zero-order chi connectivity index (χ0) is 17.9. The number of hydrogen-bond donors (Lipinski definition) is 3. The van der Waals surface area contributed by atoms with Crippen LogP contribution in [0, 0.1) is 13.8 Å². The van der Waals surface area contributed by atoms with Crippen molar-refractivity contribution in [1.82, 2.24) is 5.32 Å². The minimum atomic E-state index is -3.69. The van der Waals surface area contributed by atoms with Gasteiger partial charge in [-0.1, -0.05) is 23.8 Å². The molecule has 0 fully saturated rings. The number of hydrogen-bond acceptors (Lipinski definition) is 3. The van der Waals surface area contributed by atoms with E-state index in [0.717, 1.165) is 0 Å². The summed E-state index contributed by atoms with van der Waals surface area (Å²) in [6, 6.07) is 12.5. The maximum atomic E-state index is 11.2. The van der Waals surface area contributed by atoms with Crippen LogP contribution in [-0.2, 0) is 10.0 Å². The van der Waals surface area contributed by atoms with E-state index in [-0.39, 0.29) is 10.9 Å². The van der Waals surface area contributed by atoms with Gasteiger partial charge in [0.15, 0.2) is 5.11 Å². The molecule has 0 spiro atoms. The topological polar surface area (TPSA) is 84.2 Å². The quantitative estimate of drug-likeness (QED) is 0.727. The normalized spacial score (nSPS) is 12.5. The summed E-state index contributed by atoms with van der Waals surface area (Å²) >= 11 is 5.33. The third-order valence-electron chi connectivity index (χ3n) is 3.69. The van der Waals surface area contributed by atoms with Crippen LogP contribution in [0.2, 0.25) is 0 Å². The molecule has 0 heterocycles. The number of benzene rings is 2. The van der Waals surface area contributed by atoms with Crippen molar-refractivity contribution in [2.45, 2.75) is 31.7 Å². The van der Waals surface area contributed by atoms with Crippen molar-refractivity contribution < 1.29 is 8.42 Å². The standard InChI is InChI=1S/C17H21N3O2S2/c1-11-4-5-12(2)16(10-11)13(3)19-17(23)20-14-6-8-15(9-7-14)24(18,21)22/h4-10,13H,1-3H3,(H2,18,21,22)(H2,19,20,23)/t13-/m0/s1. The van der Waals surface area contributed by atoms with Crippen LogP contribution >= 0.6 is 12.2 Å². The average molecular weight is 364 g/mol. The fourth-order valence-electron chi connectivity index (χ4n) is 2.40. The lowest BCUT2D eigenvalue weighted by molar-refractivity contribution is 0.598. The highest BCUT2D eigenvalue weighted by atomic mass is 32.2. The van der Waals surface area contributed by atoms with Crippen LogP contribution < -0.4 is 15.8 Å². The Labute approximate surface area is 148 Å². The molecule has 24 heavy (non-hydrogen) atoms. The number of nitrogens with two attached hydrogens (primary N) is 1. The molecule has 0 saturated heterocycles. The molecule has 0 aliphatic rings. The number of aryl methyl sites for hydroxylation is 2. The van der Waals surface area contributed by atoms with Gasteiger partial charge in [-0.2, -0.15) is 0 Å². The highest BCUT2D eigenvalue weighted by molar-refractivity contribution is 7.89. The first-order valence-corrected chi connectivity index (χ1v) is 9.40. The molecule has 0 bridgehead atoms. The first-order chi connectivity index (χ1) is 11.2. The number of anilines is 1. The summed E-state index contributed by atoms with van der Waals surface area (Å²) in [6.07, 6.45) is 0. The second-order valence-electron chi connectivity index (χ2n) is 5.75. The van der Waals surface area contributed by atoms with Gasteiger partial charge in [0.1, 0.15) is 0 Å². The first-order valence-electron chi connectivity index (χ1n) is 7.44. The van der Waals surface area contributed by atoms with Crippen molar-refractivity contribution in [3.05, 3.63) is 59.2 Å². The number of primary sulfonamides is 1. The molecule has 0 radical (unpaired) electrons. The van der Waals surface area contributed by atoms with E-state index in [1.807, 2.05) is 6.92 Å². The Morgan fingerprint density at radius 2 is 1.75 bits per heavy atom. The molecule has 5 nitrogen and oxygen atoms in total.